The Kier molecular flexibility index (Phi) is 6.97. The van der Waals surface area contributed by atoms with Crippen molar-refractivity contribution in [2.45, 2.75) is 26.3 Å². The molecule has 0 aliphatic carbocycles. The maximum Gasteiger partial charge on any atom is 0.247 e. The van der Waals surface area contributed by atoms with E-state index in [0.29, 0.717) is 22.9 Å². The van der Waals surface area contributed by atoms with Crippen molar-refractivity contribution >= 4 is 27.3 Å². The maximum atomic E-state index is 12.8. The molecule has 7 heteroatoms. The number of hydrogen-bond acceptors (Lipinski definition) is 4. The molecule has 162 valence electrons. The van der Waals surface area contributed by atoms with Gasteiger partial charge in [0, 0.05) is 5.69 Å². The minimum Gasteiger partial charge on any atom is -0.457 e. The fourth-order valence-electron chi connectivity index (χ4n) is 3.16. The summed E-state index contributed by atoms with van der Waals surface area (Å²) in [6.45, 7) is 3.61. The largest absolute Gasteiger partial charge is 0.457 e. The van der Waals surface area contributed by atoms with Crippen LogP contribution in [0.3, 0.4) is 0 Å². The minimum atomic E-state index is -3.71. The number of para-hydroxylation sites is 1. The van der Waals surface area contributed by atoms with E-state index >= 15 is 0 Å². The molecule has 1 unspecified atom stereocenters. The second kappa shape index (κ2) is 9.66. The summed E-state index contributed by atoms with van der Waals surface area (Å²) in [5.41, 5.74) is 2.16. The molecule has 1 N–H and O–H groups in total. The molecule has 0 fully saturated rings. The summed E-state index contributed by atoms with van der Waals surface area (Å²) in [5, 5.41) is 2.79. The molecule has 1 amide bonds. The number of nitrogens with zero attached hydrogens (tertiary/aromatic N) is 1. The maximum absolute atomic E-state index is 12.8. The molecule has 0 bridgehead atoms. The van der Waals surface area contributed by atoms with E-state index in [1.165, 1.54) is 0 Å². The molecule has 0 radical (unpaired) electrons. The summed E-state index contributed by atoms with van der Waals surface area (Å²) >= 11 is 0. The molecule has 0 aliphatic heterocycles. The number of ether oxygens (including phenoxy) is 1. The van der Waals surface area contributed by atoms with Gasteiger partial charge in [-0.2, -0.15) is 0 Å². The predicted octanol–water partition coefficient (Wildman–Crippen LogP) is 4.83. The van der Waals surface area contributed by atoms with Crippen molar-refractivity contribution < 1.29 is 17.9 Å². The van der Waals surface area contributed by atoms with E-state index < -0.39 is 22.0 Å². The first kappa shape index (κ1) is 22.4. The summed E-state index contributed by atoms with van der Waals surface area (Å²) in [4.78, 5) is 12.8. The van der Waals surface area contributed by atoms with Crippen molar-refractivity contribution in [3.8, 4) is 11.5 Å². The first-order valence-electron chi connectivity index (χ1n) is 10.00. The molecule has 0 aromatic heterocycles. The van der Waals surface area contributed by atoms with Gasteiger partial charge < -0.3 is 10.1 Å². The van der Waals surface area contributed by atoms with Crippen LogP contribution in [0.15, 0.2) is 78.9 Å². The van der Waals surface area contributed by atoms with Gasteiger partial charge in [-0.3, -0.25) is 9.10 Å². The van der Waals surface area contributed by atoms with E-state index in [2.05, 4.69) is 12.2 Å². The minimum absolute atomic E-state index is 0.381. The Morgan fingerprint density at radius 2 is 1.52 bits per heavy atom. The van der Waals surface area contributed by atoms with Crippen LogP contribution in [-0.4, -0.2) is 26.6 Å². The van der Waals surface area contributed by atoms with E-state index in [-0.39, 0.29) is 0 Å². The fraction of sp³-hybridized carbons (Fsp3) is 0.208. The lowest BCUT2D eigenvalue weighted by molar-refractivity contribution is -0.116. The van der Waals surface area contributed by atoms with Crippen LogP contribution in [0, 0.1) is 0 Å². The number of hydrogen-bond donors (Lipinski definition) is 1. The molecule has 6 nitrogen and oxygen atoms in total. The van der Waals surface area contributed by atoms with Gasteiger partial charge in [-0.05, 0) is 67.4 Å². The number of sulfonamides is 1. The van der Waals surface area contributed by atoms with Gasteiger partial charge in [-0.1, -0.05) is 37.3 Å². The number of rotatable bonds is 8. The van der Waals surface area contributed by atoms with E-state index in [1.54, 1.807) is 31.2 Å². The number of carbonyl (C=O) groups is 1. The molecule has 3 aromatic rings. The number of amides is 1. The van der Waals surface area contributed by atoms with E-state index in [0.717, 1.165) is 22.5 Å². The highest BCUT2D eigenvalue weighted by Crippen LogP contribution is 2.27. The predicted molar refractivity (Wildman–Crippen MR) is 124 cm³/mol. The third kappa shape index (κ3) is 5.86. The number of nitrogens with one attached hydrogen (secondary N) is 1. The van der Waals surface area contributed by atoms with Crippen molar-refractivity contribution in [3.05, 3.63) is 84.4 Å². The topological polar surface area (TPSA) is 75.7 Å². The van der Waals surface area contributed by atoms with Gasteiger partial charge in [0.05, 0.1) is 11.9 Å². The number of benzene rings is 3. The summed E-state index contributed by atoms with van der Waals surface area (Å²) in [5.74, 6) is 0.827. The second-order valence-corrected chi connectivity index (χ2v) is 9.04. The van der Waals surface area contributed by atoms with Crippen LogP contribution < -0.4 is 14.4 Å². The highest BCUT2D eigenvalue weighted by atomic mass is 32.2. The quantitative estimate of drug-likeness (QED) is 0.546. The Balaban J connectivity index is 1.78. The van der Waals surface area contributed by atoms with Crippen LogP contribution in [0.5, 0.6) is 11.5 Å². The number of aryl methyl sites for hydroxylation is 1. The van der Waals surface area contributed by atoms with Gasteiger partial charge in [0.2, 0.25) is 15.9 Å². The van der Waals surface area contributed by atoms with Gasteiger partial charge in [0.1, 0.15) is 17.5 Å². The molecule has 3 aromatic carbocycles. The zero-order chi connectivity index (χ0) is 22.4. The van der Waals surface area contributed by atoms with Gasteiger partial charge in [0.15, 0.2) is 0 Å². The summed E-state index contributed by atoms with van der Waals surface area (Å²) in [6, 6.07) is 22.4. The van der Waals surface area contributed by atoms with E-state index in [1.807, 2.05) is 54.6 Å². The zero-order valence-corrected chi connectivity index (χ0v) is 18.6. The van der Waals surface area contributed by atoms with E-state index in [9.17, 15) is 13.2 Å². The monoisotopic (exact) mass is 438 g/mol. The normalized spacial score (nSPS) is 12.1. The number of carbonyl (C=O) groups excluding carboxylic acids is 1. The summed E-state index contributed by atoms with van der Waals surface area (Å²) in [7, 11) is -3.71. The Morgan fingerprint density at radius 1 is 0.935 bits per heavy atom. The average Bonchev–Trinajstić information content (AvgIpc) is 2.75. The van der Waals surface area contributed by atoms with Crippen LogP contribution >= 0.6 is 0 Å². The third-order valence-corrected chi connectivity index (χ3v) is 6.03. The Hall–Kier alpha value is -3.32. The van der Waals surface area contributed by atoms with Crippen LogP contribution in [-0.2, 0) is 21.2 Å². The average molecular weight is 439 g/mol. The molecule has 0 spiro atoms. The highest BCUT2D eigenvalue weighted by Gasteiger charge is 2.29. The molecule has 0 saturated carbocycles. The second-order valence-electron chi connectivity index (χ2n) is 7.18. The lowest BCUT2D eigenvalue weighted by atomic mass is 10.1. The molecule has 31 heavy (non-hydrogen) atoms. The van der Waals surface area contributed by atoms with E-state index in [4.69, 9.17) is 4.74 Å². The lowest BCUT2D eigenvalue weighted by Gasteiger charge is -2.28. The van der Waals surface area contributed by atoms with Crippen molar-refractivity contribution in [1.29, 1.82) is 0 Å². The standard InChI is InChI=1S/C24H26N2O4S/c1-4-19-10-12-20(13-11-19)25-24(27)18(2)26(31(3,28)29)21-14-16-23(17-15-21)30-22-8-6-5-7-9-22/h5-18H,4H2,1-3H3,(H,25,27). The smallest absolute Gasteiger partial charge is 0.247 e. The number of anilines is 2. The van der Waals surface area contributed by atoms with Crippen molar-refractivity contribution in [2.75, 3.05) is 15.9 Å². The molecule has 0 aliphatic rings. The molecule has 0 saturated heterocycles. The SMILES string of the molecule is CCc1ccc(NC(=O)C(C)N(c2ccc(Oc3ccccc3)cc2)S(C)(=O)=O)cc1. The summed E-state index contributed by atoms with van der Waals surface area (Å²) < 4.78 is 31.9. The molecular weight excluding hydrogens is 412 g/mol. The van der Waals surface area contributed by atoms with Gasteiger partial charge in [-0.15, -0.1) is 0 Å². The van der Waals surface area contributed by atoms with Gasteiger partial charge in [0.25, 0.3) is 0 Å². The zero-order valence-electron chi connectivity index (χ0n) is 17.8. The molecule has 3 rings (SSSR count). The van der Waals surface area contributed by atoms with Gasteiger partial charge in [-0.25, -0.2) is 8.42 Å². The lowest BCUT2D eigenvalue weighted by Crippen LogP contribution is -2.45. The third-order valence-electron chi connectivity index (χ3n) is 4.79. The van der Waals surface area contributed by atoms with Gasteiger partial charge >= 0.3 is 0 Å². The van der Waals surface area contributed by atoms with Crippen LogP contribution in [0.2, 0.25) is 0 Å². The van der Waals surface area contributed by atoms with Crippen molar-refractivity contribution in [1.82, 2.24) is 0 Å². The summed E-state index contributed by atoms with van der Waals surface area (Å²) in [6.07, 6.45) is 1.98. The van der Waals surface area contributed by atoms with Crippen LogP contribution in [0.4, 0.5) is 11.4 Å². The van der Waals surface area contributed by atoms with Crippen LogP contribution in [0.1, 0.15) is 19.4 Å². The van der Waals surface area contributed by atoms with Crippen molar-refractivity contribution in [3.63, 3.8) is 0 Å². The fourth-order valence-corrected chi connectivity index (χ4v) is 4.34. The molecular formula is C24H26N2O4S. The Bertz CT molecular complexity index is 1110. The Morgan fingerprint density at radius 3 is 2.06 bits per heavy atom. The molecule has 1 atom stereocenters. The highest BCUT2D eigenvalue weighted by molar-refractivity contribution is 7.92. The molecule has 0 heterocycles. The first-order chi connectivity index (χ1) is 14.8. The Labute approximate surface area is 183 Å². The first-order valence-corrected chi connectivity index (χ1v) is 11.8. The van der Waals surface area contributed by atoms with Crippen molar-refractivity contribution in [2.24, 2.45) is 0 Å². The van der Waals surface area contributed by atoms with Crippen LogP contribution in [0.25, 0.3) is 0 Å².